The van der Waals surface area contributed by atoms with Gasteiger partial charge in [0.25, 0.3) is 0 Å². The number of carbonyl (C=O) groups excluding carboxylic acids is 1. The van der Waals surface area contributed by atoms with Crippen molar-refractivity contribution in [3.05, 3.63) is 59.3 Å². The van der Waals surface area contributed by atoms with Crippen LogP contribution in [0, 0.1) is 0 Å². The molecular formula is C25H26N4O4. The minimum absolute atomic E-state index is 0.130. The van der Waals surface area contributed by atoms with Crippen molar-refractivity contribution in [1.82, 2.24) is 14.8 Å². The first-order valence-electron chi connectivity index (χ1n) is 11.1. The number of anilines is 1. The molecule has 1 aromatic heterocycles. The average Bonchev–Trinajstić information content (AvgIpc) is 3.27. The Kier molecular flexibility index (Phi) is 5.50. The van der Waals surface area contributed by atoms with Crippen molar-refractivity contribution >= 4 is 11.7 Å². The predicted octanol–water partition coefficient (Wildman–Crippen LogP) is 4.38. The summed E-state index contributed by atoms with van der Waals surface area (Å²) in [6.45, 7) is 2.48. The van der Waals surface area contributed by atoms with E-state index in [4.69, 9.17) is 24.3 Å². The van der Waals surface area contributed by atoms with Crippen LogP contribution in [0.25, 0.3) is 11.4 Å². The summed E-state index contributed by atoms with van der Waals surface area (Å²) in [4.78, 5) is 17.9. The summed E-state index contributed by atoms with van der Waals surface area (Å²) in [5.74, 6) is 3.28. The number of aromatic nitrogens is 3. The molecule has 5 rings (SSSR count). The van der Waals surface area contributed by atoms with Crippen molar-refractivity contribution in [3.63, 3.8) is 0 Å². The molecule has 0 saturated heterocycles. The van der Waals surface area contributed by atoms with Gasteiger partial charge in [0, 0.05) is 34.9 Å². The van der Waals surface area contributed by atoms with Crippen molar-refractivity contribution in [2.75, 3.05) is 26.1 Å². The van der Waals surface area contributed by atoms with E-state index in [2.05, 4.69) is 5.32 Å². The molecule has 1 unspecified atom stereocenters. The van der Waals surface area contributed by atoms with Gasteiger partial charge in [0.15, 0.2) is 11.6 Å². The zero-order valence-corrected chi connectivity index (χ0v) is 18.9. The maximum absolute atomic E-state index is 13.1. The maximum Gasteiger partial charge on any atom is 0.226 e. The summed E-state index contributed by atoms with van der Waals surface area (Å²) in [5.41, 5.74) is 3.30. The number of hydrogen-bond donors (Lipinski definition) is 1. The monoisotopic (exact) mass is 446 g/mol. The molecule has 0 spiro atoms. The van der Waals surface area contributed by atoms with Gasteiger partial charge < -0.3 is 19.5 Å². The second-order valence-corrected chi connectivity index (χ2v) is 7.97. The van der Waals surface area contributed by atoms with E-state index < -0.39 is 6.04 Å². The molecule has 2 aliphatic rings. The SMILES string of the molecule is CCOc1ccccc1C1C2=C(CCCC2=O)Nc2nc(-c3cc(OC)cc(OC)c3)nn21. The van der Waals surface area contributed by atoms with Crippen LogP contribution in [0.15, 0.2) is 53.7 Å². The minimum Gasteiger partial charge on any atom is -0.497 e. The standard InChI is InChI=1S/C25H26N4O4/c1-4-33-21-11-6-5-8-18(21)23-22-19(9-7-10-20(22)30)26-25-27-24(28-29(23)25)15-12-16(31-2)14-17(13-15)32-3/h5-6,8,11-14,23H,4,7,9-10H2,1-3H3,(H,26,27,28). The number of methoxy groups -OCH3 is 2. The number of ketones is 1. The van der Waals surface area contributed by atoms with Crippen LogP contribution in [-0.4, -0.2) is 41.4 Å². The van der Waals surface area contributed by atoms with Crippen LogP contribution in [0.4, 0.5) is 5.95 Å². The summed E-state index contributed by atoms with van der Waals surface area (Å²) >= 11 is 0. The molecule has 1 atom stereocenters. The smallest absolute Gasteiger partial charge is 0.226 e. The molecular weight excluding hydrogens is 420 g/mol. The number of fused-ring (bicyclic) bond motifs is 1. The summed E-state index contributed by atoms with van der Waals surface area (Å²) < 4.78 is 18.6. The molecule has 33 heavy (non-hydrogen) atoms. The number of nitrogens with one attached hydrogen (secondary N) is 1. The quantitative estimate of drug-likeness (QED) is 0.601. The van der Waals surface area contributed by atoms with E-state index in [1.807, 2.05) is 43.3 Å². The van der Waals surface area contributed by atoms with Crippen molar-refractivity contribution in [1.29, 1.82) is 0 Å². The van der Waals surface area contributed by atoms with Crippen LogP contribution >= 0.6 is 0 Å². The number of Topliss-reactive ketones (excluding diaryl/α,β-unsaturated/α-hetero) is 1. The zero-order valence-electron chi connectivity index (χ0n) is 18.9. The van der Waals surface area contributed by atoms with Crippen molar-refractivity contribution in [2.45, 2.75) is 32.2 Å². The summed E-state index contributed by atoms with van der Waals surface area (Å²) in [7, 11) is 3.21. The lowest BCUT2D eigenvalue weighted by molar-refractivity contribution is -0.116. The lowest BCUT2D eigenvalue weighted by atomic mass is 9.85. The van der Waals surface area contributed by atoms with Gasteiger partial charge in [-0.3, -0.25) is 4.79 Å². The van der Waals surface area contributed by atoms with Gasteiger partial charge in [-0.2, -0.15) is 4.98 Å². The molecule has 0 radical (unpaired) electrons. The number of hydrogen-bond acceptors (Lipinski definition) is 7. The molecule has 8 heteroatoms. The molecule has 1 aliphatic carbocycles. The third kappa shape index (κ3) is 3.71. The van der Waals surface area contributed by atoms with Crippen LogP contribution < -0.4 is 19.5 Å². The Balaban J connectivity index is 1.68. The van der Waals surface area contributed by atoms with E-state index in [-0.39, 0.29) is 5.78 Å². The first kappa shape index (κ1) is 21.1. The topological polar surface area (TPSA) is 87.5 Å². The number of carbonyl (C=O) groups is 1. The van der Waals surface area contributed by atoms with Gasteiger partial charge >= 0.3 is 0 Å². The Morgan fingerprint density at radius 2 is 1.85 bits per heavy atom. The Hall–Kier alpha value is -3.81. The second-order valence-electron chi connectivity index (χ2n) is 7.97. The van der Waals surface area contributed by atoms with Crippen LogP contribution in [0.3, 0.4) is 0 Å². The molecule has 3 aromatic rings. The molecule has 1 N–H and O–H groups in total. The van der Waals surface area contributed by atoms with E-state index >= 15 is 0 Å². The first-order valence-corrected chi connectivity index (χ1v) is 11.1. The van der Waals surface area contributed by atoms with Crippen molar-refractivity contribution in [3.8, 4) is 28.6 Å². The third-order valence-corrected chi connectivity index (χ3v) is 5.99. The Bertz CT molecular complexity index is 1220. The van der Waals surface area contributed by atoms with Crippen molar-refractivity contribution in [2.24, 2.45) is 0 Å². The highest BCUT2D eigenvalue weighted by atomic mass is 16.5. The largest absolute Gasteiger partial charge is 0.497 e. The first-order chi connectivity index (χ1) is 16.1. The summed E-state index contributed by atoms with van der Waals surface area (Å²) in [5, 5.41) is 8.22. The molecule has 0 saturated carbocycles. The van der Waals surface area contributed by atoms with Crippen LogP contribution in [-0.2, 0) is 4.79 Å². The Morgan fingerprint density at radius 3 is 2.58 bits per heavy atom. The highest BCUT2D eigenvalue weighted by Gasteiger charge is 2.38. The molecule has 1 aliphatic heterocycles. The minimum atomic E-state index is -0.416. The number of rotatable bonds is 6. The highest BCUT2D eigenvalue weighted by molar-refractivity contribution is 5.99. The molecule has 8 nitrogen and oxygen atoms in total. The van der Waals surface area contributed by atoms with Gasteiger partial charge in [-0.05, 0) is 38.0 Å². The number of benzene rings is 2. The van der Waals surface area contributed by atoms with Crippen molar-refractivity contribution < 1.29 is 19.0 Å². The number of nitrogens with zero attached hydrogens (tertiary/aromatic N) is 3. The molecule has 0 fully saturated rings. The molecule has 170 valence electrons. The van der Waals surface area contributed by atoms with Gasteiger partial charge in [-0.15, -0.1) is 5.10 Å². The van der Waals surface area contributed by atoms with E-state index in [9.17, 15) is 4.79 Å². The summed E-state index contributed by atoms with van der Waals surface area (Å²) in [6, 6.07) is 12.9. The van der Waals surface area contributed by atoms with Gasteiger partial charge in [-0.25, -0.2) is 4.68 Å². The van der Waals surface area contributed by atoms with Crippen LogP contribution in [0.1, 0.15) is 37.8 Å². The fourth-order valence-corrected chi connectivity index (χ4v) is 4.50. The fourth-order valence-electron chi connectivity index (χ4n) is 4.50. The number of para-hydroxylation sites is 1. The molecule has 0 amide bonds. The second kappa shape index (κ2) is 8.61. The molecule has 2 aromatic carbocycles. The lowest BCUT2D eigenvalue weighted by Gasteiger charge is -2.32. The van der Waals surface area contributed by atoms with E-state index in [1.165, 1.54) is 0 Å². The van der Waals surface area contributed by atoms with Crippen LogP contribution in [0.5, 0.6) is 17.2 Å². The van der Waals surface area contributed by atoms with E-state index in [0.29, 0.717) is 36.3 Å². The van der Waals surface area contributed by atoms with Gasteiger partial charge in [0.2, 0.25) is 5.95 Å². The van der Waals surface area contributed by atoms with Crippen LogP contribution in [0.2, 0.25) is 0 Å². The molecule has 2 heterocycles. The predicted molar refractivity (Wildman–Crippen MR) is 124 cm³/mol. The Labute approximate surface area is 192 Å². The van der Waals surface area contributed by atoms with Gasteiger partial charge in [0.05, 0.1) is 20.8 Å². The zero-order chi connectivity index (χ0) is 22.9. The number of allylic oxidation sites excluding steroid dienone is 2. The normalized spacial score (nSPS) is 17.2. The fraction of sp³-hybridized carbons (Fsp3) is 0.320. The Morgan fingerprint density at radius 1 is 1.09 bits per heavy atom. The lowest BCUT2D eigenvalue weighted by Crippen LogP contribution is -2.31. The van der Waals surface area contributed by atoms with Gasteiger partial charge in [0.1, 0.15) is 23.3 Å². The summed E-state index contributed by atoms with van der Waals surface area (Å²) in [6.07, 6.45) is 2.14. The third-order valence-electron chi connectivity index (χ3n) is 5.99. The number of ether oxygens (including phenoxy) is 3. The average molecular weight is 447 g/mol. The maximum atomic E-state index is 13.1. The van der Waals surface area contributed by atoms with E-state index in [1.54, 1.807) is 25.0 Å². The van der Waals surface area contributed by atoms with E-state index in [0.717, 1.165) is 41.0 Å². The molecule has 0 bridgehead atoms. The van der Waals surface area contributed by atoms with Gasteiger partial charge in [-0.1, -0.05) is 18.2 Å². The highest BCUT2D eigenvalue weighted by Crippen LogP contribution is 2.43.